The highest BCUT2D eigenvalue weighted by Crippen LogP contribution is 2.28. The van der Waals surface area contributed by atoms with E-state index in [1.165, 1.54) is 11.8 Å². The van der Waals surface area contributed by atoms with E-state index in [-0.39, 0.29) is 5.56 Å². The Morgan fingerprint density at radius 1 is 1.03 bits per heavy atom. The lowest BCUT2D eigenvalue weighted by atomic mass is 10.2. The van der Waals surface area contributed by atoms with E-state index in [1.54, 1.807) is 35.9 Å². The Morgan fingerprint density at radius 3 is 2.57 bits per heavy atom. The topological polar surface area (TPSA) is 53.4 Å². The molecule has 30 heavy (non-hydrogen) atoms. The molecule has 4 aromatic rings. The Balaban J connectivity index is 1.67. The number of methoxy groups -OCH3 is 1. The van der Waals surface area contributed by atoms with Crippen molar-refractivity contribution < 1.29 is 9.47 Å². The molecule has 7 heteroatoms. The smallest absolute Gasteiger partial charge is 0.266 e. The van der Waals surface area contributed by atoms with Crippen molar-refractivity contribution in [3.8, 4) is 17.2 Å². The highest BCUT2D eigenvalue weighted by Gasteiger charge is 2.14. The van der Waals surface area contributed by atoms with E-state index in [9.17, 15) is 4.79 Å². The Kier molecular flexibility index (Phi) is 6.26. The second-order valence-electron chi connectivity index (χ2n) is 6.38. The predicted octanol–water partition coefficient (Wildman–Crippen LogP) is 5.22. The van der Waals surface area contributed by atoms with Crippen molar-refractivity contribution in [2.45, 2.75) is 5.16 Å². The van der Waals surface area contributed by atoms with E-state index in [2.05, 4.69) is 0 Å². The molecule has 1 aromatic heterocycles. The zero-order chi connectivity index (χ0) is 20.9. The number of aromatic nitrogens is 2. The normalized spacial score (nSPS) is 10.9. The van der Waals surface area contributed by atoms with Gasteiger partial charge in [-0.05, 0) is 42.5 Å². The molecule has 0 aliphatic rings. The molecule has 0 aliphatic carbocycles. The van der Waals surface area contributed by atoms with E-state index < -0.39 is 0 Å². The minimum absolute atomic E-state index is 0.145. The lowest BCUT2D eigenvalue weighted by molar-refractivity contribution is 0.344. The number of ether oxygens (including phenoxy) is 2. The van der Waals surface area contributed by atoms with Crippen LogP contribution in [0.5, 0.6) is 11.5 Å². The van der Waals surface area contributed by atoms with Crippen LogP contribution < -0.4 is 15.0 Å². The maximum atomic E-state index is 13.3. The van der Waals surface area contributed by atoms with Gasteiger partial charge in [-0.1, -0.05) is 53.7 Å². The summed E-state index contributed by atoms with van der Waals surface area (Å²) in [6, 6.07) is 22.2. The minimum Gasteiger partial charge on any atom is -0.495 e. The molecule has 0 atom stereocenters. The number of nitrogens with zero attached hydrogens (tertiary/aromatic N) is 2. The summed E-state index contributed by atoms with van der Waals surface area (Å²) in [4.78, 5) is 18.0. The molecule has 3 aromatic carbocycles. The number of para-hydroxylation sites is 2. The molecule has 0 fully saturated rings. The summed E-state index contributed by atoms with van der Waals surface area (Å²) < 4.78 is 12.6. The molecule has 1 heterocycles. The Hall–Kier alpha value is -2.96. The maximum absolute atomic E-state index is 13.3. The molecule has 0 aliphatic heterocycles. The van der Waals surface area contributed by atoms with E-state index >= 15 is 0 Å². The average Bonchev–Trinajstić information content (AvgIpc) is 2.77. The second-order valence-corrected chi connectivity index (χ2v) is 7.85. The van der Waals surface area contributed by atoms with Crippen LogP contribution in [-0.4, -0.2) is 29.0 Å². The molecule has 0 N–H and O–H groups in total. The molecule has 152 valence electrons. The lowest BCUT2D eigenvalue weighted by Crippen LogP contribution is -2.22. The number of rotatable bonds is 7. The number of fused-ring (bicyclic) bond motifs is 1. The summed E-state index contributed by atoms with van der Waals surface area (Å²) in [5.41, 5.74) is 1.15. The Labute approximate surface area is 183 Å². The monoisotopic (exact) mass is 438 g/mol. The van der Waals surface area contributed by atoms with Gasteiger partial charge in [-0.3, -0.25) is 9.36 Å². The number of hydrogen-bond donors (Lipinski definition) is 0. The van der Waals surface area contributed by atoms with Gasteiger partial charge in [0, 0.05) is 5.75 Å². The molecule has 0 saturated carbocycles. The van der Waals surface area contributed by atoms with Gasteiger partial charge in [-0.2, -0.15) is 0 Å². The van der Waals surface area contributed by atoms with Crippen LogP contribution in [0.3, 0.4) is 0 Å². The average molecular weight is 439 g/mol. The summed E-state index contributed by atoms with van der Waals surface area (Å²) in [5.74, 6) is 1.99. The van der Waals surface area contributed by atoms with Crippen LogP contribution in [0.4, 0.5) is 0 Å². The van der Waals surface area contributed by atoms with Crippen molar-refractivity contribution in [1.82, 2.24) is 9.55 Å². The number of hydrogen-bond acceptors (Lipinski definition) is 5. The van der Waals surface area contributed by atoms with Crippen molar-refractivity contribution in [3.63, 3.8) is 0 Å². The first-order valence-electron chi connectivity index (χ1n) is 9.34. The molecule has 0 saturated heterocycles. The fourth-order valence-electron chi connectivity index (χ4n) is 3.04. The van der Waals surface area contributed by atoms with Gasteiger partial charge in [0.1, 0.15) is 11.5 Å². The summed E-state index contributed by atoms with van der Waals surface area (Å²) in [6.07, 6.45) is 0. The minimum atomic E-state index is -0.145. The Bertz CT molecular complexity index is 1230. The van der Waals surface area contributed by atoms with Crippen LogP contribution in [0.1, 0.15) is 0 Å². The molecule has 0 amide bonds. The predicted molar refractivity (Wildman–Crippen MR) is 122 cm³/mol. The zero-order valence-corrected chi connectivity index (χ0v) is 17.8. The first kappa shape index (κ1) is 20.3. The number of halogens is 1. The van der Waals surface area contributed by atoms with Gasteiger partial charge in [0.2, 0.25) is 0 Å². The largest absolute Gasteiger partial charge is 0.495 e. The van der Waals surface area contributed by atoms with Crippen molar-refractivity contribution in [2.75, 3.05) is 19.5 Å². The van der Waals surface area contributed by atoms with Crippen LogP contribution in [-0.2, 0) is 0 Å². The molecule has 0 spiro atoms. The maximum Gasteiger partial charge on any atom is 0.266 e. The van der Waals surface area contributed by atoms with Gasteiger partial charge in [-0.25, -0.2) is 4.98 Å². The summed E-state index contributed by atoms with van der Waals surface area (Å²) >= 11 is 7.77. The van der Waals surface area contributed by atoms with Crippen LogP contribution in [0.15, 0.2) is 82.7 Å². The first-order valence-corrected chi connectivity index (χ1v) is 10.7. The molecular weight excluding hydrogens is 420 g/mol. The SMILES string of the molecule is COc1ccc(-n2c(SCCOc3ccccc3)nc3ccccc3c2=O)cc1Cl. The molecule has 0 bridgehead atoms. The molecule has 0 unspecified atom stereocenters. The van der Waals surface area contributed by atoms with Crippen LogP contribution in [0.2, 0.25) is 5.02 Å². The van der Waals surface area contributed by atoms with Crippen molar-refractivity contribution >= 4 is 34.3 Å². The summed E-state index contributed by atoms with van der Waals surface area (Å²) in [7, 11) is 1.55. The van der Waals surface area contributed by atoms with Crippen LogP contribution >= 0.6 is 23.4 Å². The van der Waals surface area contributed by atoms with Crippen LogP contribution in [0.25, 0.3) is 16.6 Å². The first-order chi connectivity index (χ1) is 14.7. The van der Waals surface area contributed by atoms with Gasteiger partial charge < -0.3 is 9.47 Å². The fourth-order valence-corrected chi connectivity index (χ4v) is 4.12. The highest BCUT2D eigenvalue weighted by atomic mass is 35.5. The third-order valence-corrected chi connectivity index (χ3v) is 5.66. The van der Waals surface area contributed by atoms with Gasteiger partial charge in [-0.15, -0.1) is 0 Å². The number of benzene rings is 3. The number of thioether (sulfide) groups is 1. The van der Waals surface area contributed by atoms with Crippen molar-refractivity contribution in [1.29, 1.82) is 0 Å². The van der Waals surface area contributed by atoms with Gasteiger partial charge >= 0.3 is 0 Å². The molecule has 0 radical (unpaired) electrons. The summed E-state index contributed by atoms with van der Waals surface area (Å²) in [5, 5.41) is 1.56. The molecular formula is C23H19ClN2O3S. The standard InChI is InChI=1S/C23H19ClN2O3S/c1-28-21-12-11-16(15-19(21)24)26-22(27)18-9-5-6-10-20(18)25-23(26)30-14-13-29-17-7-3-2-4-8-17/h2-12,15H,13-14H2,1H3. The van der Waals surface area contributed by atoms with E-state index in [1.807, 2.05) is 48.5 Å². The third-order valence-electron chi connectivity index (χ3n) is 4.46. The molecule has 4 rings (SSSR count). The third kappa shape index (κ3) is 4.30. The zero-order valence-electron chi connectivity index (χ0n) is 16.2. The Morgan fingerprint density at radius 2 is 1.80 bits per heavy atom. The highest BCUT2D eigenvalue weighted by molar-refractivity contribution is 7.99. The van der Waals surface area contributed by atoms with Gasteiger partial charge in [0.05, 0.1) is 35.3 Å². The summed E-state index contributed by atoms with van der Waals surface area (Å²) in [6.45, 7) is 0.487. The quantitative estimate of drug-likeness (QED) is 0.225. The van der Waals surface area contributed by atoms with Crippen molar-refractivity contribution in [2.24, 2.45) is 0 Å². The van der Waals surface area contributed by atoms with Gasteiger partial charge in [0.15, 0.2) is 5.16 Å². The second kappa shape index (κ2) is 9.24. The lowest BCUT2D eigenvalue weighted by Gasteiger charge is -2.14. The van der Waals surface area contributed by atoms with E-state index in [0.717, 1.165) is 5.75 Å². The van der Waals surface area contributed by atoms with Crippen LogP contribution in [0, 0.1) is 0 Å². The van der Waals surface area contributed by atoms with Crippen molar-refractivity contribution in [3.05, 3.63) is 88.2 Å². The fraction of sp³-hybridized carbons (Fsp3) is 0.130. The molecule has 5 nitrogen and oxygen atoms in total. The van der Waals surface area contributed by atoms with Gasteiger partial charge in [0.25, 0.3) is 5.56 Å². The van der Waals surface area contributed by atoms with E-state index in [4.69, 9.17) is 26.1 Å². The van der Waals surface area contributed by atoms with E-state index in [0.29, 0.717) is 44.9 Å².